The molecule has 0 fully saturated rings. The third-order valence-electron chi connectivity index (χ3n) is 14.4. The maximum atomic E-state index is 13.0. The van der Waals surface area contributed by atoms with Crippen LogP contribution in [0.3, 0.4) is 0 Å². The van der Waals surface area contributed by atoms with Crippen molar-refractivity contribution in [1.82, 2.24) is 0 Å². The summed E-state index contributed by atoms with van der Waals surface area (Å²) in [7, 11) is -9.82. The van der Waals surface area contributed by atoms with E-state index in [1.807, 2.05) is 0 Å². The molecule has 97 heavy (non-hydrogen) atoms. The molecule has 0 aliphatic rings. The molecule has 0 aliphatic carbocycles. The molecule has 550 valence electrons. The Morgan fingerprint density at radius 1 is 0.289 bits per heavy atom. The lowest BCUT2D eigenvalue weighted by Gasteiger charge is -2.21. The van der Waals surface area contributed by atoms with Crippen LogP contribution in [0.15, 0.2) is 170 Å². The van der Waals surface area contributed by atoms with E-state index in [0.717, 1.165) is 193 Å². The lowest BCUT2D eigenvalue weighted by molar-refractivity contribution is -0.161. The van der Waals surface area contributed by atoms with Crippen LogP contribution >= 0.6 is 15.6 Å². The van der Waals surface area contributed by atoms with Gasteiger partial charge in [-0.2, -0.15) is 0 Å². The summed E-state index contributed by atoms with van der Waals surface area (Å²) in [4.78, 5) is 58.6. The molecule has 0 aromatic rings. The molecular formula is C79H128O16P2. The maximum Gasteiger partial charge on any atom is 0.472 e. The number of hydrogen-bond donors (Lipinski definition) is 4. The predicted molar refractivity (Wildman–Crippen MR) is 398 cm³/mol. The summed E-state index contributed by atoms with van der Waals surface area (Å²) in [6.07, 6.45) is 88.2. The summed E-state index contributed by atoms with van der Waals surface area (Å²) in [5.74, 6) is -1.65. The molecule has 5 atom stereocenters. The van der Waals surface area contributed by atoms with E-state index in [1.54, 1.807) is 0 Å². The van der Waals surface area contributed by atoms with E-state index in [9.17, 15) is 43.5 Å². The number of rotatable bonds is 67. The molecule has 0 radical (unpaired) electrons. The Labute approximate surface area is 586 Å². The summed E-state index contributed by atoms with van der Waals surface area (Å²) in [6.45, 7) is 2.24. The first-order chi connectivity index (χ1) is 47.2. The molecule has 0 aromatic heterocycles. The highest BCUT2D eigenvalue weighted by Crippen LogP contribution is 2.45. The Morgan fingerprint density at radius 2 is 0.515 bits per heavy atom. The van der Waals surface area contributed by atoms with Crippen LogP contribution < -0.4 is 0 Å². The average molecular weight is 1400 g/mol. The summed E-state index contributed by atoms with van der Waals surface area (Å²) < 4.78 is 61.0. The smallest absolute Gasteiger partial charge is 0.463 e. The molecule has 16 nitrogen and oxygen atoms in total. The average Bonchev–Trinajstić information content (AvgIpc) is 3.63. The third kappa shape index (κ3) is 72.0. The zero-order chi connectivity index (χ0) is 70.9. The number of carbonyl (C=O) groups is 3. The SMILES string of the molecule is CC/C=C\C/C=C\C/C=C\C/C=C\C/C=C\CCCCCCCCCC(=O)OCC(O)COP(=O)(O)OCC(O)COP(=O)(O)OCC(COC(=O)CCCCCCC/C=C\C/C=C\C/C=C\C/C=C\C/C=C\CC)OC(=O)CCCCCC/C=C\C/C=C\C/C=C\C/C=C\CC. The molecule has 0 amide bonds. The van der Waals surface area contributed by atoms with Gasteiger partial charge in [-0.05, 0) is 148 Å². The molecule has 0 saturated carbocycles. The second-order valence-electron chi connectivity index (χ2n) is 23.6. The highest BCUT2D eigenvalue weighted by atomic mass is 31.2. The van der Waals surface area contributed by atoms with Gasteiger partial charge in [-0.25, -0.2) is 9.13 Å². The molecule has 0 spiro atoms. The first-order valence-electron chi connectivity index (χ1n) is 36.4. The lowest BCUT2D eigenvalue weighted by Crippen LogP contribution is -2.30. The number of esters is 3. The second-order valence-corrected chi connectivity index (χ2v) is 26.5. The zero-order valence-corrected chi connectivity index (χ0v) is 61.5. The molecule has 5 unspecified atom stereocenters. The molecule has 0 aliphatic heterocycles. The molecule has 0 saturated heterocycles. The van der Waals surface area contributed by atoms with Gasteiger partial charge in [-0.3, -0.25) is 32.5 Å². The summed E-state index contributed by atoms with van der Waals surface area (Å²) in [5, 5.41) is 20.6. The van der Waals surface area contributed by atoms with Crippen molar-refractivity contribution in [3.8, 4) is 0 Å². The predicted octanol–water partition coefficient (Wildman–Crippen LogP) is 20.9. The quantitative estimate of drug-likeness (QED) is 0.0146. The van der Waals surface area contributed by atoms with Crippen LogP contribution in [-0.4, -0.2) is 95.9 Å². The van der Waals surface area contributed by atoms with Crippen LogP contribution in [0.1, 0.15) is 252 Å². The zero-order valence-electron chi connectivity index (χ0n) is 59.7. The molecule has 4 N–H and O–H groups in total. The number of aliphatic hydroxyl groups excluding tert-OH is 2. The number of carbonyl (C=O) groups excluding carboxylic acids is 3. The number of ether oxygens (including phenoxy) is 3. The van der Waals surface area contributed by atoms with Crippen LogP contribution in [0.25, 0.3) is 0 Å². The number of aliphatic hydroxyl groups is 2. The van der Waals surface area contributed by atoms with Crippen molar-refractivity contribution in [2.24, 2.45) is 0 Å². The Kier molecular flexibility index (Phi) is 67.0. The fourth-order valence-corrected chi connectivity index (χ4v) is 10.6. The minimum absolute atomic E-state index is 0.0649. The Hall–Kier alpha value is -5.09. The Bertz CT molecular complexity index is 2440. The maximum absolute atomic E-state index is 13.0. The van der Waals surface area contributed by atoms with E-state index >= 15 is 0 Å². The Balaban J connectivity index is 4.73. The first-order valence-corrected chi connectivity index (χ1v) is 39.4. The van der Waals surface area contributed by atoms with Gasteiger partial charge >= 0.3 is 33.6 Å². The van der Waals surface area contributed by atoms with Gasteiger partial charge in [0.25, 0.3) is 0 Å². The standard InChI is InChI=1S/C79H128O16P2/c1-4-7-10-13-16-19-22-25-28-31-33-35-36-38-40-42-44-47-50-53-56-59-62-65-77(82)89-68-74(80)69-91-96(85,86)92-70-75(81)71-93-97(87,88)94-73-76(95-79(84)67-64-61-58-55-52-49-46-41-30-27-24-21-18-15-12-9-6-3)72-90-78(83)66-63-60-57-54-51-48-45-43-39-37-34-32-29-26-23-20-17-14-11-8-5-2/h7-12,16-21,25-30,33-35,37-38,40,43,45-46,49,74-76,80-81H,4-6,13-15,22-24,31-32,36,39,41-42,44,47-48,50-73H2,1-3H3,(H,85,86)(H,87,88)/b10-7-,11-8-,12-9-,19-16-,20-17-,21-18-,28-25-,29-26-,30-27-,35-33-,37-34-,40-38-,45-43-,49-46-. The van der Waals surface area contributed by atoms with Crippen molar-refractivity contribution < 1.29 is 75.8 Å². The normalized spacial score (nSPS) is 15.1. The van der Waals surface area contributed by atoms with Crippen molar-refractivity contribution in [3.05, 3.63) is 170 Å². The molecule has 18 heteroatoms. The van der Waals surface area contributed by atoms with Gasteiger partial charge in [-0.1, -0.05) is 255 Å². The minimum Gasteiger partial charge on any atom is -0.463 e. The van der Waals surface area contributed by atoms with Gasteiger partial charge < -0.3 is 34.2 Å². The monoisotopic (exact) mass is 1390 g/mol. The molecular weight excluding hydrogens is 1270 g/mol. The highest BCUT2D eigenvalue weighted by molar-refractivity contribution is 7.47. The van der Waals surface area contributed by atoms with Crippen molar-refractivity contribution in [2.75, 3.05) is 39.6 Å². The van der Waals surface area contributed by atoms with Crippen molar-refractivity contribution in [3.63, 3.8) is 0 Å². The number of unbranched alkanes of at least 4 members (excludes halogenated alkanes) is 16. The van der Waals surface area contributed by atoms with Crippen molar-refractivity contribution in [2.45, 2.75) is 270 Å². The van der Waals surface area contributed by atoms with Crippen molar-refractivity contribution in [1.29, 1.82) is 0 Å². The van der Waals surface area contributed by atoms with Gasteiger partial charge in [0.1, 0.15) is 25.4 Å². The lowest BCUT2D eigenvalue weighted by atomic mass is 10.1. The molecule has 0 heterocycles. The van der Waals surface area contributed by atoms with E-state index < -0.39 is 91.5 Å². The number of hydrogen-bond acceptors (Lipinski definition) is 14. The van der Waals surface area contributed by atoms with Crippen LogP contribution in [0.2, 0.25) is 0 Å². The first kappa shape index (κ1) is 91.9. The van der Waals surface area contributed by atoms with Gasteiger partial charge in [0.05, 0.1) is 26.4 Å². The largest absolute Gasteiger partial charge is 0.472 e. The van der Waals surface area contributed by atoms with Crippen LogP contribution in [0.4, 0.5) is 0 Å². The minimum atomic E-state index is -4.95. The number of phosphoric ester groups is 2. The second kappa shape index (κ2) is 70.8. The topological polar surface area (TPSA) is 231 Å². The van der Waals surface area contributed by atoms with Crippen LogP contribution in [0, 0.1) is 0 Å². The summed E-state index contributed by atoms with van der Waals surface area (Å²) in [6, 6.07) is 0. The van der Waals surface area contributed by atoms with Crippen molar-refractivity contribution >= 4 is 33.6 Å². The molecule has 0 bridgehead atoms. The molecule has 0 aromatic carbocycles. The number of allylic oxidation sites excluding steroid dienone is 28. The number of phosphoric acid groups is 2. The van der Waals surface area contributed by atoms with Gasteiger partial charge in [0.2, 0.25) is 0 Å². The molecule has 0 rings (SSSR count). The van der Waals surface area contributed by atoms with E-state index in [2.05, 4.69) is 191 Å². The van der Waals surface area contributed by atoms with E-state index in [4.69, 9.17) is 32.3 Å². The Morgan fingerprint density at radius 3 is 0.814 bits per heavy atom. The van der Waals surface area contributed by atoms with E-state index in [1.165, 1.54) is 0 Å². The van der Waals surface area contributed by atoms with Gasteiger partial charge in [-0.15, -0.1) is 0 Å². The highest BCUT2D eigenvalue weighted by Gasteiger charge is 2.29. The summed E-state index contributed by atoms with van der Waals surface area (Å²) in [5.41, 5.74) is 0. The van der Waals surface area contributed by atoms with Crippen LogP contribution in [-0.2, 0) is 55.8 Å². The van der Waals surface area contributed by atoms with E-state index in [-0.39, 0.29) is 19.3 Å². The summed E-state index contributed by atoms with van der Waals surface area (Å²) >= 11 is 0. The fourth-order valence-electron chi connectivity index (χ4n) is 8.97. The van der Waals surface area contributed by atoms with E-state index in [0.29, 0.717) is 19.3 Å². The van der Waals surface area contributed by atoms with Gasteiger partial charge in [0, 0.05) is 19.3 Å². The van der Waals surface area contributed by atoms with Crippen LogP contribution in [0.5, 0.6) is 0 Å². The third-order valence-corrected chi connectivity index (χ3v) is 16.3. The fraction of sp³-hybridized carbons (Fsp3) is 0.608. The van der Waals surface area contributed by atoms with Gasteiger partial charge in [0.15, 0.2) is 6.10 Å².